The SMILES string of the molecule is C=CC=NC(=CC(N)=C(CCCC)/C(=C\C)C(=O)C(=O)/C=C(\C=C(\C)N)CCC)N1CCNCC1. The van der Waals surface area contributed by atoms with Gasteiger partial charge in [-0.2, -0.15) is 0 Å². The molecule has 1 aliphatic rings. The van der Waals surface area contributed by atoms with Gasteiger partial charge in [0.05, 0.1) is 0 Å². The zero-order chi connectivity index (χ0) is 26.2. The van der Waals surface area contributed by atoms with E-state index >= 15 is 0 Å². The van der Waals surface area contributed by atoms with E-state index in [9.17, 15) is 9.59 Å². The first-order valence-corrected chi connectivity index (χ1v) is 12.5. The summed E-state index contributed by atoms with van der Waals surface area (Å²) in [5.41, 5.74) is 15.2. The van der Waals surface area contributed by atoms with Gasteiger partial charge in [-0.15, -0.1) is 0 Å². The molecule has 0 amide bonds. The van der Waals surface area contributed by atoms with E-state index in [0.29, 0.717) is 41.2 Å². The van der Waals surface area contributed by atoms with E-state index < -0.39 is 11.6 Å². The van der Waals surface area contributed by atoms with Crippen LogP contribution in [0.3, 0.4) is 0 Å². The van der Waals surface area contributed by atoms with Gasteiger partial charge in [0.15, 0.2) is 0 Å². The standard InChI is InChI=1S/C28H43N5O2/c1-6-10-12-24(25(30)20-27(32-13-8-3)33-16-14-31-15-17-33)23(9-4)28(35)26(34)19-22(11-7-2)18-21(5)29/h8-9,13,18-20,31H,3,6-7,10-12,14-17,29-30H2,1-2,4-5H3/b21-18-,22-19-,23-9+,25-24?,27-20?,32-13?. The maximum absolute atomic E-state index is 13.3. The molecule has 5 N–H and O–H groups in total. The lowest BCUT2D eigenvalue weighted by Crippen LogP contribution is -2.42. The van der Waals surface area contributed by atoms with Crippen molar-refractivity contribution < 1.29 is 9.59 Å². The van der Waals surface area contributed by atoms with Crippen LogP contribution < -0.4 is 16.8 Å². The summed E-state index contributed by atoms with van der Waals surface area (Å²) in [5.74, 6) is -0.428. The van der Waals surface area contributed by atoms with Crippen LogP contribution in [-0.2, 0) is 9.59 Å². The smallest absolute Gasteiger partial charge is 0.232 e. The molecule has 0 bridgehead atoms. The van der Waals surface area contributed by atoms with Crippen molar-refractivity contribution in [1.29, 1.82) is 0 Å². The molecule has 0 aromatic rings. The van der Waals surface area contributed by atoms with Gasteiger partial charge in [0.25, 0.3) is 0 Å². The Morgan fingerprint density at radius 2 is 1.74 bits per heavy atom. The molecule has 0 atom stereocenters. The number of Topliss-reactive ketones (excluding diaryl/α,β-unsaturated/α-hetero) is 1. The summed E-state index contributed by atoms with van der Waals surface area (Å²) in [6, 6.07) is 0. The van der Waals surface area contributed by atoms with E-state index in [2.05, 4.69) is 28.7 Å². The average molecular weight is 482 g/mol. The molecule has 0 aliphatic carbocycles. The lowest BCUT2D eigenvalue weighted by atomic mass is 9.92. The number of nitrogens with one attached hydrogen (secondary N) is 1. The van der Waals surface area contributed by atoms with E-state index in [0.717, 1.165) is 51.0 Å². The van der Waals surface area contributed by atoms with Crippen LogP contribution in [-0.4, -0.2) is 48.9 Å². The molecule has 0 spiro atoms. The first kappa shape index (κ1) is 29.8. The van der Waals surface area contributed by atoms with Crippen molar-refractivity contribution >= 4 is 17.8 Å². The second kappa shape index (κ2) is 16.4. The van der Waals surface area contributed by atoms with Crippen molar-refractivity contribution in [3.63, 3.8) is 0 Å². The third-order valence-corrected chi connectivity index (χ3v) is 5.52. The Morgan fingerprint density at radius 1 is 1.06 bits per heavy atom. The monoisotopic (exact) mass is 481 g/mol. The number of rotatable bonds is 14. The summed E-state index contributed by atoms with van der Waals surface area (Å²) in [7, 11) is 0. The van der Waals surface area contributed by atoms with Crippen LogP contribution in [0.15, 0.2) is 75.9 Å². The fourth-order valence-electron chi connectivity index (χ4n) is 3.82. The van der Waals surface area contributed by atoms with Crippen LogP contribution in [0.25, 0.3) is 0 Å². The number of nitrogens with two attached hydrogens (primary N) is 2. The first-order chi connectivity index (χ1) is 16.8. The summed E-state index contributed by atoms with van der Waals surface area (Å²) >= 11 is 0. The minimum Gasteiger partial charge on any atom is -0.402 e. The van der Waals surface area contributed by atoms with E-state index in [1.54, 1.807) is 44.4 Å². The van der Waals surface area contributed by atoms with Crippen LogP contribution in [0.4, 0.5) is 0 Å². The highest BCUT2D eigenvalue weighted by Gasteiger charge is 2.22. The molecule has 1 rings (SSSR count). The molecule has 1 heterocycles. The highest BCUT2D eigenvalue weighted by molar-refractivity contribution is 6.48. The molecule has 1 fully saturated rings. The van der Waals surface area contributed by atoms with E-state index in [-0.39, 0.29) is 0 Å². The molecule has 0 unspecified atom stereocenters. The average Bonchev–Trinajstić information content (AvgIpc) is 2.84. The van der Waals surface area contributed by atoms with Gasteiger partial charge in [-0.05, 0) is 56.4 Å². The van der Waals surface area contributed by atoms with Gasteiger partial charge in [-0.1, -0.05) is 45.4 Å². The van der Waals surface area contributed by atoms with E-state index in [4.69, 9.17) is 11.5 Å². The van der Waals surface area contributed by atoms with Crippen molar-refractivity contribution in [2.45, 2.75) is 59.8 Å². The Morgan fingerprint density at radius 3 is 2.29 bits per heavy atom. The zero-order valence-corrected chi connectivity index (χ0v) is 21.9. The van der Waals surface area contributed by atoms with Crippen LogP contribution in [0.1, 0.15) is 59.8 Å². The quantitative estimate of drug-likeness (QED) is 0.149. The normalized spacial score (nSPS) is 17.0. The van der Waals surface area contributed by atoms with Crippen LogP contribution in [0.2, 0.25) is 0 Å². The predicted octanol–water partition coefficient (Wildman–Crippen LogP) is 4.07. The largest absolute Gasteiger partial charge is 0.402 e. The van der Waals surface area contributed by atoms with Crippen LogP contribution >= 0.6 is 0 Å². The van der Waals surface area contributed by atoms with Crippen molar-refractivity contribution in [2.75, 3.05) is 26.2 Å². The summed E-state index contributed by atoms with van der Waals surface area (Å²) in [6.07, 6.45) is 13.7. The number of allylic oxidation sites excluding steroid dienone is 9. The maximum Gasteiger partial charge on any atom is 0.232 e. The van der Waals surface area contributed by atoms with Gasteiger partial charge < -0.3 is 21.7 Å². The number of hydrogen-bond acceptors (Lipinski definition) is 7. The Labute approximate surface area is 211 Å². The molecule has 0 saturated carbocycles. The van der Waals surface area contributed by atoms with Gasteiger partial charge in [-0.25, -0.2) is 4.99 Å². The zero-order valence-electron chi connectivity index (χ0n) is 21.9. The Kier molecular flexibility index (Phi) is 14.0. The summed E-state index contributed by atoms with van der Waals surface area (Å²) in [6.45, 7) is 14.6. The molecular formula is C28H43N5O2. The summed E-state index contributed by atoms with van der Waals surface area (Å²) in [4.78, 5) is 32.9. The van der Waals surface area contributed by atoms with Crippen molar-refractivity contribution in [3.8, 4) is 0 Å². The Balaban J connectivity index is 3.47. The third kappa shape index (κ3) is 10.3. The number of carbonyl (C=O) groups excluding carboxylic acids is 2. The second-order valence-electron chi connectivity index (χ2n) is 8.54. The molecule has 0 aromatic carbocycles. The predicted molar refractivity (Wildman–Crippen MR) is 147 cm³/mol. The summed E-state index contributed by atoms with van der Waals surface area (Å²) < 4.78 is 0. The molecule has 0 radical (unpaired) electrons. The van der Waals surface area contributed by atoms with E-state index in [1.165, 1.54) is 6.08 Å². The lowest BCUT2D eigenvalue weighted by Gasteiger charge is -2.29. The topological polar surface area (TPSA) is 114 Å². The number of ketones is 2. The Bertz CT molecular complexity index is 925. The molecule has 0 aromatic heterocycles. The van der Waals surface area contributed by atoms with Gasteiger partial charge in [0.1, 0.15) is 5.82 Å². The number of nitrogens with zero attached hydrogens (tertiary/aromatic N) is 2. The molecule has 1 aliphatic heterocycles. The van der Waals surface area contributed by atoms with Crippen molar-refractivity contribution in [2.24, 2.45) is 16.5 Å². The summed E-state index contributed by atoms with van der Waals surface area (Å²) in [5, 5.41) is 3.33. The van der Waals surface area contributed by atoms with Crippen molar-refractivity contribution in [1.82, 2.24) is 10.2 Å². The number of aliphatic imine (C=N–C) groups is 1. The fourth-order valence-corrected chi connectivity index (χ4v) is 3.82. The maximum atomic E-state index is 13.3. The lowest BCUT2D eigenvalue weighted by molar-refractivity contribution is -0.131. The van der Waals surface area contributed by atoms with Crippen LogP contribution in [0.5, 0.6) is 0 Å². The number of hydrogen-bond donors (Lipinski definition) is 3. The number of carbonyl (C=O) groups is 2. The number of piperazine rings is 1. The minimum absolute atomic E-state index is 0.338. The molecule has 35 heavy (non-hydrogen) atoms. The van der Waals surface area contributed by atoms with Crippen LogP contribution in [0, 0.1) is 0 Å². The minimum atomic E-state index is -0.572. The highest BCUT2D eigenvalue weighted by atomic mass is 16.2. The number of unbranched alkanes of at least 4 members (excludes halogenated alkanes) is 1. The van der Waals surface area contributed by atoms with Gasteiger partial charge in [0, 0.05) is 55.4 Å². The van der Waals surface area contributed by atoms with Gasteiger partial charge in [-0.3, -0.25) is 9.59 Å². The van der Waals surface area contributed by atoms with Crippen molar-refractivity contribution in [3.05, 3.63) is 70.9 Å². The molecule has 192 valence electrons. The van der Waals surface area contributed by atoms with Gasteiger partial charge >= 0.3 is 0 Å². The fraction of sp³-hybridized carbons (Fsp3) is 0.464. The second-order valence-corrected chi connectivity index (χ2v) is 8.54. The highest BCUT2D eigenvalue weighted by Crippen LogP contribution is 2.24. The molecule has 7 heteroatoms. The third-order valence-electron chi connectivity index (χ3n) is 5.52. The molecular weight excluding hydrogens is 438 g/mol. The molecule has 7 nitrogen and oxygen atoms in total. The van der Waals surface area contributed by atoms with Gasteiger partial charge in [0.2, 0.25) is 11.6 Å². The van der Waals surface area contributed by atoms with E-state index in [1.807, 2.05) is 6.92 Å². The first-order valence-electron chi connectivity index (χ1n) is 12.5. The molecule has 1 saturated heterocycles. The Hall–Kier alpha value is -3.19.